The van der Waals surface area contributed by atoms with Crippen molar-refractivity contribution in [1.29, 1.82) is 0 Å². The lowest BCUT2D eigenvalue weighted by Gasteiger charge is -2.28. The number of benzene rings is 3. The molecule has 1 atom stereocenters. The highest BCUT2D eigenvalue weighted by atomic mass is 16.5. The smallest absolute Gasteiger partial charge is 0.300 e. The molecule has 0 saturated carbocycles. The van der Waals surface area contributed by atoms with E-state index in [1.54, 1.807) is 6.07 Å². The average Bonchev–Trinajstić information content (AvgIpc) is 3.09. The molecule has 1 amide bonds. The zero-order chi connectivity index (χ0) is 23.1. The van der Waals surface area contributed by atoms with Gasteiger partial charge in [-0.3, -0.25) is 14.5 Å². The van der Waals surface area contributed by atoms with Crippen LogP contribution in [0.25, 0.3) is 5.76 Å². The summed E-state index contributed by atoms with van der Waals surface area (Å²) in [5, 5.41) is 11.4. The Morgan fingerprint density at radius 3 is 2.45 bits per heavy atom. The molecular formula is C28H25NO4. The van der Waals surface area contributed by atoms with Crippen LogP contribution in [0.4, 0.5) is 5.69 Å². The summed E-state index contributed by atoms with van der Waals surface area (Å²) < 4.78 is 5.69. The highest BCUT2D eigenvalue weighted by molar-refractivity contribution is 6.51. The number of aliphatic hydroxyl groups excluding tert-OH is 1. The minimum atomic E-state index is -0.723. The number of hydrogen-bond donors (Lipinski definition) is 1. The SMILES string of the molecule is Cc1ccccc1C1/C(=C(\O)c2ccc3c(c2)CCCO3)C(=O)C(=O)N1c1ccccc1C. The Balaban J connectivity index is 1.73. The first kappa shape index (κ1) is 21.0. The van der Waals surface area contributed by atoms with Gasteiger partial charge in [-0.1, -0.05) is 42.5 Å². The summed E-state index contributed by atoms with van der Waals surface area (Å²) in [6.45, 7) is 4.53. The van der Waals surface area contributed by atoms with Gasteiger partial charge in [-0.2, -0.15) is 0 Å². The molecule has 1 unspecified atom stereocenters. The highest BCUT2D eigenvalue weighted by Gasteiger charge is 2.47. The van der Waals surface area contributed by atoms with E-state index in [1.807, 2.05) is 74.5 Å². The van der Waals surface area contributed by atoms with Crippen LogP contribution in [0.15, 0.2) is 72.3 Å². The Labute approximate surface area is 192 Å². The summed E-state index contributed by atoms with van der Waals surface area (Å²) in [7, 11) is 0. The van der Waals surface area contributed by atoms with Crippen LogP contribution >= 0.6 is 0 Å². The number of rotatable bonds is 3. The number of aliphatic hydroxyl groups is 1. The van der Waals surface area contributed by atoms with E-state index < -0.39 is 17.7 Å². The van der Waals surface area contributed by atoms with E-state index in [9.17, 15) is 14.7 Å². The Morgan fingerprint density at radius 1 is 0.970 bits per heavy atom. The van der Waals surface area contributed by atoms with E-state index >= 15 is 0 Å². The van der Waals surface area contributed by atoms with Crippen LogP contribution in [0.3, 0.4) is 0 Å². The first-order valence-electron chi connectivity index (χ1n) is 11.2. The van der Waals surface area contributed by atoms with Crippen LogP contribution in [-0.2, 0) is 16.0 Å². The van der Waals surface area contributed by atoms with E-state index in [1.165, 1.54) is 4.90 Å². The number of aryl methyl sites for hydroxylation is 3. The quantitative estimate of drug-likeness (QED) is 0.344. The Morgan fingerprint density at radius 2 is 1.70 bits per heavy atom. The van der Waals surface area contributed by atoms with Crippen molar-refractivity contribution in [3.63, 3.8) is 0 Å². The van der Waals surface area contributed by atoms with Crippen molar-refractivity contribution in [3.05, 3.63) is 100 Å². The number of carbonyl (C=O) groups is 2. The van der Waals surface area contributed by atoms with E-state index in [0.717, 1.165) is 40.8 Å². The van der Waals surface area contributed by atoms with Crippen LogP contribution in [0.5, 0.6) is 5.75 Å². The number of nitrogens with zero attached hydrogens (tertiary/aromatic N) is 1. The van der Waals surface area contributed by atoms with Crippen LogP contribution in [0.2, 0.25) is 0 Å². The normalized spacial score (nSPS) is 19.3. The minimum Gasteiger partial charge on any atom is -0.507 e. The zero-order valence-electron chi connectivity index (χ0n) is 18.7. The predicted molar refractivity (Wildman–Crippen MR) is 127 cm³/mol. The van der Waals surface area contributed by atoms with E-state index in [0.29, 0.717) is 17.9 Å². The summed E-state index contributed by atoms with van der Waals surface area (Å²) in [5.41, 5.74) is 4.89. The van der Waals surface area contributed by atoms with Gasteiger partial charge in [0.05, 0.1) is 18.2 Å². The van der Waals surface area contributed by atoms with Crippen molar-refractivity contribution in [2.45, 2.75) is 32.7 Å². The second kappa shape index (κ2) is 8.24. The fourth-order valence-corrected chi connectivity index (χ4v) is 4.77. The molecule has 5 heteroatoms. The third-order valence-electron chi connectivity index (χ3n) is 6.48. The van der Waals surface area contributed by atoms with Gasteiger partial charge in [-0.05, 0) is 73.2 Å². The molecule has 2 heterocycles. The van der Waals surface area contributed by atoms with Gasteiger partial charge in [0, 0.05) is 11.3 Å². The van der Waals surface area contributed by atoms with Crippen molar-refractivity contribution in [2.24, 2.45) is 0 Å². The van der Waals surface area contributed by atoms with Crippen molar-refractivity contribution < 1.29 is 19.4 Å². The lowest BCUT2D eigenvalue weighted by molar-refractivity contribution is -0.132. The van der Waals surface area contributed by atoms with Crippen molar-refractivity contribution in [2.75, 3.05) is 11.5 Å². The summed E-state index contributed by atoms with van der Waals surface area (Å²) in [4.78, 5) is 28.2. The first-order valence-corrected chi connectivity index (χ1v) is 11.2. The summed E-state index contributed by atoms with van der Waals surface area (Å²) in [6.07, 6.45) is 1.74. The van der Waals surface area contributed by atoms with Gasteiger partial charge in [0.15, 0.2) is 0 Å². The van der Waals surface area contributed by atoms with Gasteiger partial charge in [-0.25, -0.2) is 0 Å². The molecule has 0 radical (unpaired) electrons. The second-order valence-corrected chi connectivity index (χ2v) is 8.59. The number of ketones is 1. The molecule has 1 fully saturated rings. The number of hydrogen-bond acceptors (Lipinski definition) is 4. The van der Waals surface area contributed by atoms with Gasteiger partial charge >= 0.3 is 0 Å². The van der Waals surface area contributed by atoms with E-state index in [-0.39, 0.29) is 11.3 Å². The number of amides is 1. The molecule has 5 rings (SSSR count). The molecule has 2 aliphatic rings. The largest absolute Gasteiger partial charge is 0.507 e. The van der Waals surface area contributed by atoms with Crippen LogP contribution < -0.4 is 9.64 Å². The molecule has 5 nitrogen and oxygen atoms in total. The molecule has 3 aromatic rings. The number of Topliss-reactive ketones (excluding diaryl/α,β-unsaturated/α-hetero) is 1. The summed E-state index contributed by atoms with van der Waals surface area (Å²) in [5.74, 6) is -0.682. The Hall–Kier alpha value is -3.86. The van der Waals surface area contributed by atoms with Gasteiger partial charge < -0.3 is 9.84 Å². The third kappa shape index (κ3) is 3.50. The summed E-state index contributed by atoms with van der Waals surface area (Å²) >= 11 is 0. The molecule has 0 bridgehead atoms. The Kier molecular flexibility index (Phi) is 5.25. The minimum absolute atomic E-state index is 0.106. The third-order valence-corrected chi connectivity index (χ3v) is 6.48. The second-order valence-electron chi connectivity index (χ2n) is 8.59. The molecule has 1 N–H and O–H groups in total. The van der Waals surface area contributed by atoms with Crippen molar-refractivity contribution in [1.82, 2.24) is 0 Å². The number of carbonyl (C=O) groups excluding carboxylic acids is 2. The molecule has 1 saturated heterocycles. The lowest BCUT2D eigenvalue weighted by atomic mass is 9.91. The Bertz CT molecular complexity index is 1310. The fourth-order valence-electron chi connectivity index (χ4n) is 4.77. The van der Waals surface area contributed by atoms with Crippen molar-refractivity contribution in [3.8, 4) is 5.75 Å². The molecule has 166 valence electrons. The summed E-state index contributed by atoms with van der Waals surface area (Å²) in [6, 6.07) is 19.9. The molecule has 0 aromatic heterocycles. The van der Waals surface area contributed by atoms with Crippen molar-refractivity contribution >= 4 is 23.1 Å². The highest BCUT2D eigenvalue weighted by Crippen LogP contribution is 2.44. The molecule has 0 aliphatic carbocycles. The fraction of sp³-hybridized carbons (Fsp3) is 0.214. The molecule has 0 spiro atoms. The van der Waals surface area contributed by atoms with Gasteiger partial charge in [0.1, 0.15) is 11.5 Å². The maximum absolute atomic E-state index is 13.4. The average molecular weight is 440 g/mol. The predicted octanol–water partition coefficient (Wildman–Crippen LogP) is 5.25. The van der Waals surface area contributed by atoms with Crippen LogP contribution in [-0.4, -0.2) is 23.4 Å². The van der Waals surface area contributed by atoms with Crippen LogP contribution in [0.1, 0.15) is 40.3 Å². The van der Waals surface area contributed by atoms with Gasteiger partial charge in [0.2, 0.25) is 0 Å². The van der Waals surface area contributed by atoms with E-state index in [4.69, 9.17) is 4.74 Å². The molecular weight excluding hydrogens is 414 g/mol. The molecule has 2 aliphatic heterocycles. The van der Waals surface area contributed by atoms with Crippen LogP contribution in [0, 0.1) is 13.8 Å². The number of fused-ring (bicyclic) bond motifs is 1. The first-order chi connectivity index (χ1) is 16.0. The maximum atomic E-state index is 13.4. The van der Waals surface area contributed by atoms with Gasteiger partial charge in [-0.15, -0.1) is 0 Å². The maximum Gasteiger partial charge on any atom is 0.300 e. The van der Waals surface area contributed by atoms with Gasteiger partial charge in [0.25, 0.3) is 11.7 Å². The lowest BCUT2D eigenvalue weighted by Crippen LogP contribution is -2.30. The zero-order valence-corrected chi connectivity index (χ0v) is 18.7. The van der Waals surface area contributed by atoms with E-state index in [2.05, 4.69) is 0 Å². The molecule has 33 heavy (non-hydrogen) atoms. The topological polar surface area (TPSA) is 66.8 Å². The number of ether oxygens (including phenoxy) is 1. The number of para-hydroxylation sites is 1. The monoisotopic (exact) mass is 439 g/mol. The number of anilines is 1. The molecule has 3 aromatic carbocycles. The standard InChI is InChI=1S/C28H25NO4/c1-17-8-3-5-11-21(17)25-24(26(30)20-13-14-23-19(16-20)10-7-15-33-23)27(31)28(32)29(25)22-12-6-4-9-18(22)2/h3-6,8-9,11-14,16,25,30H,7,10,15H2,1-2H3/b26-24+.